The maximum Gasteiger partial charge on any atom is 0.228 e. The number of anilines is 2. The Balaban J connectivity index is 1.77. The molecular weight excluding hydrogens is 304 g/mol. The minimum atomic E-state index is 0.116. The number of hydrogen-bond donors (Lipinski definition) is 1. The molecule has 0 radical (unpaired) electrons. The topological polar surface area (TPSA) is 83.9 Å². The average Bonchev–Trinajstić information content (AvgIpc) is 2.54. The minimum Gasteiger partial charge on any atom is -0.342 e. The van der Waals surface area contributed by atoms with Crippen molar-refractivity contribution in [3.8, 4) is 0 Å². The molecule has 0 aliphatic carbocycles. The van der Waals surface area contributed by atoms with Crippen LogP contribution in [-0.2, 0) is 4.79 Å². The van der Waals surface area contributed by atoms with E-state index >= 15 is 0 Å². The predicted octanol–water partition coefficient (Wildman–Crippen LogP) is 2.35. The van der Waals surface area contributed by atoms with Gasteiger partial charge >= 0.3 is 0 Å². The Bertz CT molecular complexity index is 727. The van der Waals surface area contributed by atoms with Gasteiger partial charge in [-0.2, -0.15) is 0 Å². The second kappa shape index (κ2) is 6.90. The fourth-order valence-corrected chi connectivity index (χ4v) is 3.04. The number of hydrogen-bond acceptors (Lipinski definition) is 6. The van der Waals surface area contributed by atoms with Crippen LogP contribution in [0.3, 0.4) is 0 Å². The Morgan fingerprint density at radius 1 is 1.21 bits per heavy atom. The molecule has 0 aromatic carbocycles. The van der Waals surface area contributed by atoms with Gasteiger partial charge in [0.05, 0.1) is 11.9 Å². The maximum atomic E-state index is 11.6. The van der Waals surface area contributed by atoms with Crippen molar-refractivity contribution in [1.82, 2.24) is 24.8 Å². The van der Waals surface area contributed by atoms with Gasteiger partial charge in [-0.1, -0.05) is 0 Å². The molecule has 1 atom stereocenters. The third-order valence-electron chi connectivity index (χ3n) is 4.16. The van der Waals surface area contributed by atoms with E-state index in [-0.39, 0.29) is 11.8 Å². The lowest BCUT2D eigenvalue weighted by molar-refractivity contribution is -0.130. The molecule has 3 rings (SSSR count). The molecule has 1 fully saturated rings. The fourth-order valence-electron chi connectivity index (χ4n) is 3.04. The zero-order chi connectivity index (χ0) is 17.1. The summed E-state index contributed by atoms with van der Waals surface area (Å²) in [6.07, 6.45) is 5.45. The summed E-state index contributed by atoms with van der Waals surface area (Å²) in [6.45, 7) is 7.01. The summed E-state index contributed by atoms with van der Waals surface area (Å²) in [4.78, 5) is 31.2. The molecule has 2 aromatic heterocycles. The summed E-state index contributed by atoms with van der Waals surface area (Å²) < 4.78 is 0. The first-order valence-corrected chi connectivity index (χ1v) is 8.18. The first kappa shape index (κ1) is 16.3. The van der Waals surface area contributed by atoms with Crippen LogP contribution in [0, 0.1) is 13.8 Å². The number of carbonyl (C=O) groups is 1. The normalized spacial score (nSPS) is 17.6. The molecule has 7 nitrogen and oxygen atoms in total. The second-order valence-corrected chi connectivity index (χ2v) is 6.23. The highest BCUT2D eigenvalue weighted by Crippen LogP contribution is 2.26. The Labute approximate surface area is 141 Å². The third kappa shape index (κ3) is 3.84. The molecule has 24 heavy (non-hydrogen) atoms. The molecule has 1 aliphatic heterocycles. The first-order chi connectivity index (χ1) is 11.5. The van der Waals surface area contributed by atoms with E-state index in [2.05, 4.69) is 25.3 Å². The van der Waals surface area contributed by atoms with Crippen LogP contribution in [0.4, 0.5) is 11.8 Å². The van der Waals surface area contributed by atoms with Crippen molar-refractivity contribution >= 4 is 17.7 Å². The number of rotatable bonds is 3. The van der Waals surface area contributed by atoms with E-state index in [9.17, 15) is 4.79 Å². The number of nitrogens with one attached hydrogen (secondary N) is 1. The van der Waals surface area contributed by atoms with E-state index in [4.69, 9.17) is 0 Å². The molecule has 0 saturated carbocycles. The Morgan fingerprint density at radius 2 is 1.96 bits per heavy atom. The molecule has 0 spiro atoms. The van der Waals surface area contributed by atoms with Crippen LogP contribution in [0.2, 0.25) is 0 Å². The summed E-state index contributed by atoms with van der Waals surface area (Å²) in [6, 6.07) is 1.92. The molecule has 1 saturated heterocycles. The molecule has 2 aromatic rings. The maximum absolute atomic E-state index is 11.6. The Morgan fingerprint density at radius 3 is 2.67 bits per heavy atom. The zero-order valence-corrected chi connectivity index (χ0v) is 14.3. The molecular formula is C17H22N6O. The van der Waals surface area contributed by atoms with Crippen molar-refractivity contribution in [2.24, 2.45) is 0 Å². The first-order valence-electron chi connectivity index (χ1n) is 8.18. The summed E-state index contributed by atoms with van der Waals surface area (Å²) in [5.74, 6) is 1.48. The number of amides is 1. The number of aromatic nitrogens is 4. The van der Waals surface area contributed by atoms with E-state index in [0.29, 0.717) is 18.3 Å². The number of carbonyl (C=O) groups excluding carboxylic acids is 1. The van der Waals surface area contributed by atoms with Crippen molar-refractivity contribution in [3.05, 3.63) is 35.5 Å². The molecule has 1 aliphatic rings. The van der Waals surface area contributed by atoms with Gasteiger partial charge in [0.25, 0.3) is 0 Å². The van der Waals surface area contributed by atoms with Crippen molar-refractivity contribution < 1.29 is 4.79 Å². The monoisotopic (exact) mass is 326 g/mol. The summed E-state index contributed by atoms with van der Waals surface area (Å²) in [5.41, 5.74) is 2.70. The van der Waals surface area contributed by atoms with Gasteiger partial charge in [-0.3, -0.25) is 9.78 Å². The molecule has 3 heterocycles. The van der Waals surface area contributed by atoms with E-state index in [0.717, 1.165) is 36.5 Å². The van der Waals surface area contributed by atoms with Gasteiger partial charge in [-0.05, 0) is 32.8 Å². The van der Waals surface area contributed by atoms with E-state index in [1.807, 2.05) is 24.8 Å². The van der Waals surface area contributed by atoms with Crippen LogP contribution >= 0.6 is 0 Å². The van der Waals surface area contributed by atoms with Gasteiger partial charge in [0, 0.05) is 43.5 Å². The van der Waals surface area contributed by atoms with Crippen LogP contribution in [0.5, 0.6) is 0 Å². The van der Waals surface area contributed by atoms with Crippen LogP contribution < -0.4 is 5.32 Å². The van der Waals surface area contributed by atoms with E-state index < -0.39 is 0 Å². The molecule has 0 bridgehead atoms. The van der Waals surface area contributed by atoms with Crippen molar-refractivity contribution in [1.29, 1.82) is 0 Å². The van der Waals surface area contributed by atoms with Gasteiger partial charge in [0.1, 0.15) is 0 Å². The third-order valence-corrected chi connectivity index (χ3v) is 4.16. The van der Waals surface area contributed by atoms with Gasteiger partial charge in [-0.25, -0.2) is 15.0 Å². The van der Waals surface area contributed by atoms with Crippen LogP contribution in [-0.4, -0.2) is 43.8 Å². The largest absolute Gasteiger partial charge is 0.342 e. The summed E-state index contributed by atoms with van der Waals surface area (Å²) >= 11 is 0. The second-order valence-electron chi connectivity index (χ2n) is 6.23. The zero-order valence-electron chi connectivity index (χ0n) is 14.3. The highest BCUT2D eigenvalue weighted by molar-refractivity contribution is 5.73. The highest BCUT2D eigenvalue weighted by atomic mass is 16.2. The number of aryl methyl sites for hydroxylation is 2. The highest BCUT2D eigenvalue weighted by Gasteiger charge is 2.24. The van der Waals surface area contributed by atoms with E-state index in [1.54, 1.807) is 19.3 Å². The molecule has 1 amide bonds. The molecule has 126 valence electrons. The van der Waals surface area contributed by atoms with Crippen LogP contribution in [0.1, 0.15) is 42.8 Å². The number of nitrogens with zero attached hydrogens (tertiary/aromatic N) is 5. The van der Waals surface area contributed by atoms with Crippen molar-refractivity contribution in [2.75, 3.05) is 18.4 Å². The lowest BCUT2D eigenvalue weighted by Gasteiger charge is -2.31. The van der Waals surface area contributed by atoms with Crippen LogP contribution in [0.25, 0.3) is 0 Å². The summed E-state index contributed by atoms with van der Waals surface area (Å²) in [7, 11) is 0. The quantitative estimate of drug-likeness (QED) is 0.932. The standard InChI is InChI=1S/C17H22N6O/c1-11-7-12(2)20-17(19-11)22-16-9-18-8-15(21-16)14-5-4-6-23(10-14)13(3)24/h7-9,14H,4-6,10H2,1-3H3,(H,19,20,21,22). The summed E-state index contributed by atoms with van der Waals surface area (Å²) in [5, 5.41) is 3.12. The molecule has 1 N–H and O–H groups in total. The van der Waals surface area contributed by atoms with E-state index in [1.165, 1.54) is 0 Å². The predicted molar refractivity (Wildman–Crippen MR) is 91.0 cm³/mol. The van der Waals surface area contributed by atoms with Gasteiger partial charge in [0.15, 0.2) is 5.82 Å². The van der Waals surface area contributed by atoms with Crippen LogP contribution in [0.15, 0.2) is 18.5 Å². The van der Waals surface area contributed by atoms with Crippen molar-refractivity contribution in [2.45, 2.75) is 39.5 Å². The molecule has 1 unspecified atom stereocenters. The van der Waals surface area contributed by atoms with Gasteiger partial charge in [0.2, 0.25) is 11.9 Å². The van der Waals surface area contributed by atoms with Gasteiger partial charge in [-0.15, -0.1) is 0 Å². The number of likely N-dealkylation sites (tertiary alicyclic amines) is 1. The smallest absolute Gasteiger partial charge is 0.228 e. The lowest BCUT2D eigenvalue weighted by atomic mass is 9.95. The minimum absolute atomic E-state index is 0.116. The van der Waals surface area contributed by atoms with Crippen molar-refractivity contribution in [3.63, 3.8) is 0 Å². The van der Waals surface area contributed by atoms with Gasteiger partial charge < -0.3 is 10.2 Å². The fraction of sp³-hybridized carbons (Fsp3) is 0.471. The number of piperidine rings is 1. The average molecular weight is 326 g/mol. The Hall–Kier alpha value is -2.57. The SMILES string of the molecule is CC(=O)N1CCCC(c2cncc(Nc3nc(C)cc(C)n3)n2)C1. The molecule has 7 heteroatoms. The Kier molecular flexibility index (Phi) is 4.69. The lowest BCUT2D eigenvalue weighted by Crippen LogP contribution is -2.37.